The van der Waals surface area contributed by atoms with Gasteiger partial charge in [0.2, 0.25) is 5.95 Å². The highest BCUT2D eigenvalue weighted by atomic mass is 35.5. The molecule has 0 spiro atoms. The second-order valence-electron chi connectivity index (χ2n) is 7.45. The van der Waals surface area contributed by atoms with Gasteiger partial charge in [-0.25, -0.2) is 4.68 Å². The van der Waals surface area contributed by atoms with Crippen molar-refractivity contribution in [2.24, 2.45) is 13.0 Å². The summed E-state index contributed by atoms with van der Waals surface area (Å²) in [7, 11) is 1.80. The highest BCUT2D eigenvalue weighted by Gasteiger charge is 2.14. The Morgan fingerprint density at radius 1 is 1.20 bits per heavy atom. The SMILES string of the molecule is CC(C)CNC(=O)c1ccc(-c2nc(Nc3ccc4[nH]ncc4c3Cl)n(C)n2)cc1. The van der Waals surface area contributed by atoms with Gasteiger partial charge in [-0.05, 0) is 30.2 Å². The molecule has 3 N–H and O–H groups in total. The maximum absolute atomic E-state index is 12.2. The Morgan fingerprint density at radius 2 is 1.97 bits per heavy atom. The lowest BCUT2D eigenvalue weighted by molar-refractivity contribution is 0.0949. The molecule has 2 heterocycles. The molecule has 1 amide bonds. The van der Waals surface area contributed by atoms with Crippen molar-refractivity contribution >= 4 is 40.0 Å². The Balaban J connectivity index is 1.53. The zero-order valence-electron chi connectivity index (χ0n) is 16.9. The minimum atomic E-state index is -0.0872. The van der Waals surface area contributed by atoms with Crippen LogP contribution < -0.4 is 10.6 Å². The largest absolute Gasteiger partial charge is 0.352 e. The minimum absolute atomic E-state index is 0.0872. The van der Waals surface area contributed by atoms with Crippen LogP contribution in [0.25, 0.3) is 22.3 Å². The van der Waals surface area contributed by atoms with Crippen LogP contribution in [0.1, 0.15) is 24.2 Å². The van der Waals surface area contributed by atoms with E-state index in [-0.39, 0.29) is 5.91 Å². The van der Waals surface area contributed by atoms with Gasteiger partial charge in [0.1, 0.15) is 0 Å². The molecule has 2 aromatic carbocycles. The van der Waals surface area contributed by atoms with Crippen LogP contribution in [0, 0.1) is 5.92 Å². The van der Waals surface area contributed by atoms with Crippen LogP contribution in [-0.2, 0) is 7.05 Å². The third kappa shape index (κ3) is 3.99. The summed E-state index contributed by atoms with van der Waals surface area (Å²) in [4.78, 5) is 16.8. The molecule has 154 valence electrons. The van der Waals surface area contributed by atoms with E-state index in [4.69, 9.17) is 11.6 Å². The van der Waals surface area contributed by atoms with Crippen molar-refractivity contribution in [2.45, 2.75) is 13.8 Å². The number of anilines is 2. The molecule has 4 aromatic rings. The molecule has 0 fully saturated rings. The number of carbonyl (C=O) groups excluding carboxylic acids is 1. The predicted octanol–water partition coefficient (Wildman–Crippen LogP) is 4.14. The van der Waals surface area contributed by atoms with Gasteiger partial charge >= 0.3 is 0 Å². The molecular weight excluding hydrogens is 402 g/mol. The van der Waals surface area contributed by atoms with Crippen molar-refractivity contribution < 1.29 is 4.79 Å². The molecule has 0 aliphatic carbocycles. The topological polar surface area (TPSA) is 101 Å². The number of nitrogens with zero attached hydrogens (tertiary/aromatic N) is 4. The standard InChI is InChI=1S/C21H22ClN7O/c1-12(2)10-23-20(30)14-6-4-13(5-7-14)19-26-21(29(3)28-19)25-17-9-8-16-15(18(17)22)11-24-27-16/h4-9,11-12H,10H2,1-3H3,(H,23,30)(H,24,27)(H,25,26,28). The van der Waals surface area contributed by atoms with Crippen molar-refractivity contribution in [3.63, 3.8) is 0 Å². The Bertz CT molecular complexity index is 1190. The van der Waals surface area contributed by atoms with Gasteiger partial charge < -0.3 is 10.6 Å². The molecule has 9 heteroatoms. The first-order chi connectivity index (χ1) is 14.4. The summed E-state index contributed by atoms with van der Waals surface area (Å²) >= 11 is 6.48. The number of benzene rings is 2. The third-order valence-electron chi connectivity index (χ3n) is 4.64. The zero-order valence-corrected chi connectivity index (χ0v) is 17.7. The van der Waals surface area contributed by atoms with Crippen molar-refractivity contribution in [2.75, 3.05) is 11.9 Å². The lowest BCUT2D eigenvalue weighted by atomic mass is 10.1. The van der Waals surface area contributed by atoms with E-state index < -0.39 is 0 Å². The highest BCUT2D eigenvalue weighted by Crippen LogP contribution is 2.32. The van der Waals surface area contributed by atoms with Gasteiger partial charge in [-0.3, -0.25) is 9.89 Å². The number of aromatic amines is 1. The summed E-state index contributed by atoms with van der Waals surface area (Å²) in [5, 5.41) is 18.9. The molecule has 0 aliphatic rings. The number of fused-ring (bicyclic) bond motifs is 1. The van der Waals surface area contributed by atoms with Gasteiger partial charge in [0.05, 0.1) is 22.4 Å². The van der Waals surface area contributed by atoms with E-state index in [9.17, 15) is 4.79 Å². The van der Waals surface area contributed by atoms with Crippen LogP contribution >= 0.6 is 11.6 Å². The predicted molar refractivity (Wildman–Crippen MR) is 118 cm³/mol. The summed E-state index contributed by atoms with van der Waals surface area (Å²) in [5.74, 6) is 1.42. The molecule has 0 unspecified atom stereocenters. The fraction of sp³-hybridized carbons (Fsp3) is 0.238. The quantitative estimate of drug-likeness (QED) is 0.432. The minimum Gasteiger partial charge on any atom is -0.352 e. The number of hydrogen-bond acceptors (Lipinski definition) is 5. The summed E-state index contributed by atoms with van der Waals surface area (Å²) in [6, 6.07) is 11.0. The molecule has 2 aromatic heterocycles. The van der Waals surface area contributed by atoms with E-state index in [2.05, 4.69) is 44.8 Å². The number of hydrogen-bond donors (Lipinski definition) is 3. The molecular formula is C21H22ClN7O. The number of carbonyl (C=O) groups is 1. The molecule has 4 rings (SSSR count). The number of halogens is 1. The van der Waals surface area contributed by atoms with Crippen LogP contribution in [0.4, 0.5) is 11.6 Å². The first-order valence-corrected chi connectivity index (χ1v) is 9.98. The van der Waals surface area contributed by atoms with Crippen molar-refractivity contribution in [3.8, 4) is 11.4 Å². The number of aromatic nitrogens is 5. The van der Waals surface area contributed by atoms with Gasteiger partial charge in [-0.2, -0.15) is 10.1 Å². The highest BCUT2D eigenvalue weighted by molar-refractivity contribution is 6.38. The number of H-pyrrole nitrogens is 1. The van der Waals surface area contributed by atoms with Crippen LogP contribution in [0.5, 0.6) is 0 Å². The van der Waals surface area contributed by atoms with E-state index in [1.54, 1.807) is 30.1 Å². The van der Waals surface area contributed by atoms with E-state index in [1.165, 1.54) is 0 Å². The van der Waals surface area contributed by atoms with Gasteiger partial charge in [-0.15, -0.1) is 5.10 Å². The van der Waals surface area contributed by atoms with Crippen LogP contribution in [0.2, 0.25) is 5.02 Å². The normalized spacial score (nSPS) is 11.2. The molecule has 0 aliphatic heterocycles. The molecule has 0 atom stereocenters. The molecule has 0 bridgehead atoms. The third-order valence-corrected chi connectivity index (χ3v) is 5.05. The summed E-state index contributed by atoms with van der Waals surface area (Å²) in [6.45, 7) is 4.76. The Morgan fingerprint density at radius 3 is 2.70 bits per heavy atom. The van der Waals surface area contributed by atoms with E-state index in [0.29, 0.717) is 40.5 Å². The van der Waals surface area contributed by atoms with Crippen molar-refractivity contribution in [1.82, 2.24) is 30.3 Å². The fourth-order valence-corrected chi connectivity index (χ4v) is 3.25. The maximum atomic E-state index is 12.2. The average Bonchev–Trinajstić information content (AvgIpc) is 3.36. The Labute approximate surface area is 178 Å². The Kier molecular flexibility index (Phi) is 5.41. The van der Waals surface area contributed by atoms with E-state index >= 15 is 0 Å². The summed E-state index contributed by atoms with van der Waals surface area (Å²) in [5.41, 5.74) is 3.00. The maximum Gasteiger partial charge on any atom is 0.251 e. The molecule has 8 nitrogen and oxygen atoms in total. The zero-order chi connectivity index (χ0) is 21.3. The monoisotopic (exact) mass is 423 g/mol. The summed E-state index contributed by atoms with van der Waals surface area (Å²) in [6.07, 6.45) is 1.68. The smallest absolute Gasteiger partial charge is 0.251 e. The van der Waals surface area contributed by atoms with Crippen molar-refractivity contribution in [1.29, 1.82) is 0 Å². The number of amides is 1. The fourth-order valence-electron chi connectivity index (χ4n) is 2.99. The van der Waals surface area contributed by atoms with Crippen molar-refractivity contribution in [3.05, 3.63) is 53.2 Å². The first-order valence-electron chi connectivity index (χ1n) is 9.60. The van der Waals surface area contributed by atoms with E-state index in [0.717, 1.165) is 16.5 Å². The second-order valence-corrected chi connectivity index (χ2v) is 7.83. The molecule has 0 radical (unpaired) electrons. The molecule has 0 saturated carbocycles. The van der Waals surface area contributed by atoms with Gasteiger partial charge in [0.15, 0.2) is 5.82 Å². The average molecular weight is 424 g/mol. The van der Waals surface area contributed by atoms with Gasteiger partial charge in [0.25, 0.3) is 5.91 Å². The summed E-state index contributed by atoms with van der Waals surface area (Å²) < 4.78 is 1.65. The number of aryl methyl sites for hydroxylation is 1. The van der Waals surface area contributed by atoms with Gasteiger partial charge in [0, 0.05) is 30.1 Å². The van der Waals surface area contributed by atoms with Crippen LogP contribution in [-0.4, -0.2) is 37.4 Å². The number of rotatable bonds is 6. The number of nitrogens with one attached hydrogen (secondary N) is 3. The van der Waals surface area contributed by atoms with Crippen LogP contribution in [0.3, 0.4) is 0 Å². The first kappa shape index (κ1) is 19.9. The second kappa shape index (κ2) is 8.16. The van der Waals surface area contributed by atoms with Gasteiger partial charge in [-0.1, -0.05) is 37.6 Å². The molecule has 30 heavy (non-hydrogen) atoms. The molecule has 0 saturated heterocycles. The van der Waals surface area contributed by atoms with Crippen LogP contribution in [0.15, 0.2) is 42.6 Å². The van der Waals surface area contributed by atoms with E-state index in [1.807, 2.05) is 24.3 Å². The lowest BCUT2D eigenvalue weighted by Crippen LogP contribution is -2.27. The lowest BCUT2D eigenvalue weighted by Gasteiger charge is -2.07. The Hall–Kier alpha value is -3.39.